The van der Waals surface area contributed by atoms with Gasteiger partial charge in [-0.1, -0.05) is 36.2 Å². The molecule has 0 saturated carbocycles. The molecule has 5 unspecified atom stereocenters. The molecule has 5 rings (SSSR count). The Hall–Kier alpha value is -2.69. The first-order valence-corrected chi connectivity index (χ1v) is 18.3. The van der Waals surface area contributed by atoms with Gasteiger partial charge in [0.2, 0.25) is 10.0 Å². The molecule has 0 saturated heterocycles. The number of pyridine rings is 1. The molecule has 8 nitrogen and oxygen atoms in total. The lowest BCUT2D eigenvalue weighted by molar-refractivity contribution is 0.325. The van der Waals surface area contributed by atoms with Crippen LogP contribution in [0.2, 0.25) is 0 Å². The van der Waals surface area contributed by atoms with Crippen molar-refractivity contribution in [2.45, 2.75) is 69.3 Å². The number of methoxy groups -OCH3 is 1. The topological polar surface area (TPSA) is 95.9 Å². The summed E-state index contributed by atoms with van der Waals surface area (Å²) in [6.07, 6.45) is 8.36. The summed E-state index contributed by atoms with van der Waals surface area (Å²) in [6, 6.07) is 10.7. The molecule has 2 aliphatic carbocycles. The van der Waals surface area contributed by atoms with Crippen LogP contribution < -0.4 is 15.4 Å². The highest BCUT2D eigenvalue weighted by Crippen LogP contribution is 2.42. The van der Waals surface area contributed by atoms with Gasteiger partial charge in [-0.3, -0.25) is 9.98 Å². The summed E-state index contributed by atoms with van der Waals surface area (Å²) in [5.74, 6) is 0.997. The molecule has 11 heteroatoms. The number of hydrogen-bond donors (Lipinski definition) is 2. The van der Waals surface area contributed by atoms with Gasteiger partial charge in [0.05, 0.1) is 29.1 Å². The summed E-state index contributed by atoms with van der Waals surface area (Å²) in [5, 5.41) is 7.90. The van der Waals surface area contributed by atoms with Gasteiger partial charge in [0.25, 0.3) is 0 Å². The third-order valence-electron chi connectivity index (χ3n) is 8.93. The minimum Gasteiger partial charge on any atom is -0.497 e. The molecule has 0 bridgehead atoms. The van der Waals surface area contributed by atoms with Crippen molar-refractivity contribution in [1.29, 1.82) is 0 Å². The number of nitrogens with one attached hydrogen (secondary N) is 2. The van der Waals surface area contributed by atoms with Gasteiger partial charge >= 0.3 is 0 Å². The number of ether oxygens (including phenoxy) is 1. The lowest BCUT2D eigenvalue weighted by atomic mass is 9.82. The van der Waals surface area contributed by atoms with Crippen molar-refractivity contribution in [1.82, 2.24) is 19.9 Å². The molecule has 2 N–H and O–H groups in total. The summed E-state index contributed by atoms with van der Waals surface area (Å²) in [7, 11) is -2.16. The fourth-order valence-electron chi connectivity index (χ4n) is 6.59. The first kappa shape index (κ1) is 34.6. The van der Waals surface area contributed by atoms with Crippen LogP contribution in [0.1, 0.15) is 68.4 Å². The molecule has 5 atom stereocenters. The van der Waals surface area contributed by atoms with E-state index in [1.807, 2.05) is 32.9 Å². The monoisotopic (exact) mass is 685 g/mol. The van der Waals surface area contributed by atoms with Crippen LogP contribution in [0.3, 0.4) is 0 Å². The Morgan fingerprint density at radius 3 is 2.46 bits per heavy atom. The molecule has 1 aromatic carbocycles. The molecule has 1 aromatic heterocycles. The van der Waals surface area contributed by atoms with Crippen molar-refractivity contribution in [3.63, 3.8) is 0 Å². The maximum absolute atomic E-state index is 13.9. The molecule has 0 spiro atoms. The Bertz CT molecular complexity index is 1640. The summed E-state index contributed by atoms with van der Waals surface area (Å²) in [4.78, 5) is 9.73. The molecule has 0 amide bonds. The van der Waals surface area contributed by atoms with Gasteiger partial charge in [-0.2, -0.15) is 4.31 Å². The summed E-state index contributed by atoms with van der Waals surface area (Å²) >= 11 is 13.2. The number of alkyl halides is 1. The highest BCUT2D eigenvalue weighted by molar-refractivity contribution is 7.89. The molecular weight excluding hydrogens is 641 g/mol. The van der Waals surface area contributed by atoms with E-state index in [-0.39, 0.29) is 28.3 Å². The van der Waals surface area contributed by atoms with E-state index < -0.39 is 10.0 Å². The van der Waals surface area contributed by atoms with E-state index in [4.69, 9.17) is 37.9 Å². The van der Waals surface area contributed by atoms with Gasteiger partial charge in [0.15, 0.2) is 0 Å². The van der Waals surface area contributed by atoms with E-state index in [1.54, 1.807) is 35.7 Å². The minimum atomic E-state index is -3.72. The number of dihydropyridines is 1. The number of sulfonamides is 1. The van der Waals surface area contributed by atoms with Crippen LogP contribution in [0.15, 0.2) is 80.8 Å². The largest absolute Gasteiger partial charge is 0.497 e. The molecule has 2 aromatic rings. The van der Waals surface area contributed by atoms with Crippen molar-refractivity contribution in [3.05, 3.63) is 87.9 Å². The zero-order chi connectivity index (χ0) is 33.0. The van der Waals surface area contributed by atoms with Gasteiger partial charge < -0.3 is 15.4 Å². The SMILES string of the molecule is COc1ccc(S(=O)(=O)N(CCCNC2=CC(C)=NC3C(Cl)=CC(C)=CC23)CCCNC2c3ccc(C)nc3C(Cl)CC2C)cc1. The molecule has 0 fully saturated rings. The number of benzene rings is 1. The smallest absolute Gasteiger partial charge is 0.243 e. The number of nitrogens with zero attached hydrogens (tertiary/aromatic N) is 3. The van der Waals surface area contributed by atoms with Crippen LogP contribution in [0.25, 0.3) is 0 Å². The van der Waals surface area contributed by atoms with E-state index in [2.05, 4.69) is 35.8 Å². The van der Waals surface area contributed by atoms with Crippen LogP contribution in [0.5, 0.6) is 5.75 Å². The second-order valence-corrected chi connectivity index (χ2v) is 15.4. The van der Waals surface area contributed by atoms with Crippen LogP contribution in [0.4, 0.5) is 0 Å². The van der Waals surface area contributed by atoms with Crippen molar-refractivity contribution in [3.8, 4) is 5.75 Å². The quantitative estimate of drug-likeness (QED) is 0.177. The zero-order valence-corrected chi connectivity index (χ0v) is 29.6. The lowest BCUT2D eigenvalue weighted by Gasteiger charge is -2.34. The van der Waals surface area contributed by atoms with E-state index in [0.717, 1.165) is 45.4 Å². The molecule has 3 aliphatic rings. The maximum atomic E-state index is 13.9. The standard InChI is InChI=1S/C35H45Cl2N5O3S/c1-22-18-29-32(21-25(4)41-35(29)30(36)19-22)38-14-6-16-42(46(43,44)27-11-9-26(45-5)10-12-27)17-7-15-39-33-23(2)20-31(37)34-28(33)13-8-24(3)40-34/h8-13,18-19,21,23,29,31,33,35,38-39H,6-7,14-17,20H2,1-5H3. The predicted octanol–water partition coefficient (Wildman–Crippen LogP) is 6.84. The van der Waals surface area contributed by atoms with Gasteiger partial charge in [-0.15, -0.1) is 11.6 Å². The van der Waals surface area contributed by atoms with Crippen molar-refractivity contribution in [2.75, 3.05) is 33.3 Å². The van der Waals surface area contributed by atoms with Gasteiger partial charge in [0, 0.05) is 53.7 Å². The minimum absolute atomic E-state index is 0.0481. The number of hydrogen-bond acceptors (Lipinski definition) is 7. The number of aromatic nitrogens is 1. The van der Waals surface area contributed by atoms with Crippen LogP contribution in [-0.2, 0) is 10.0 Å². The van der Waals surface area contributed by atoms with Crippen molar-refractivity contribution >= 4 is 38.9 Å². The predicted molar refractivity (Wildman–Crippen MR) is 187 cm³/mol. The second-order valence-electron chi connectivity index (χ2n) is 12.5. The summed E-state index contributed by atoms with van der Waals surface area (Å²) in [5.41, 5.74) is 6.13. The zero-order valence-electron chi connectivity index (χ0n) is 27.3. The highest BCUT2D eigenvalue weighted by Gasteiger charge is 2.33. The Morgan fingerprint density at radius 1 is 1.02 bits per heavy atom. The number of aryl methyl sites for hydroxylation is 1. The number of halogens is 2. The van der Waals surface area contributed by atoms with E-state index in [1.165, 1.54) is 0 Å². The third-order valence-corrected chi connectivity index (χ3v) is 11.6. The van der Waals surface area contributed by atoms with E-state index >= 15 is 0 Å². The Kier molecular flexibility index (Phi) is 11.3. The van der Waals surface area contributed by atoms with Crippen LogP contribution in [0, 0.1) is 18.8 Å². The summed E-state index contributed by atoms with van der Waals surface area (Å²) in [6.45, 7) is 10.3. The Labute approximate surface area is 284 Å². The van der Waals surface area contributed by atoms with E-state index in [9.17, 15) is 8.42 Å². The highest BCUT2D eigenvalue weighted by atomic mass is 35.5. The average Bonchev–Trinajstić information content (AvgIpc) is 3.02. The normalized spacial score (nSPS) is 24.3. The average molecular weight is 687 g/mol. The number of rotatable bonds is 13. The molecular formula is C35H45Cl2N5O3S. The number of fused-ring (bicyclic) bond motifs is 2. The first-order chi connectivity index (χ1) is 22.0. The molecule has 0 radical (unpaired) electrons. The van der Waals surface area contributed by atoms with Gasteiger partial charge in [-0.25, -0.2) is 8.42 Å². The lowest BCUT2D eigenvalue weighted by Crippen LogP contribution is -2.38. The fourth-order valence-corrected chi connectivity index (χ4v) is 8.92. The molecule has 248 valence electrons. The van der Waals surface area contributed by atoms with Crippen molar-refractivity contribution in [2.24, 2.45) is 16.8 Å². The maximum Gasteiger partial charge on any atom is 0.243 e. The number of aliphatic imine (C=N–C) groups is 1. The van der Waals surface area contributed by atoms with Crippen molar-refractivity contribution < 1.29 is 13.2 Å². The van der Waals surface area contributed by atoms with E-state index in [0.29, 0.717) is 50.7 Å². The summed E-state index contributed by atoms with van der Waals surface area (Å²) < 4.78 is 34.6. The fraction of sp³-hybridized carbons (Fsp3) is 0.486. The first-order valence-electron chi connectivity index (χ1n) is 16.0. The molecule has 2 heterocycles. The Balaban J connectivity index is 1.24. The molecule has 46 heavy (non-hydrogen) atoms. The van der Waals surface area contributed by atoms with Crippen LogP contribution >= 0.6 is 23.2 Å². The number of allylic oxidation sites excluding steroid dienone is 3. The third kappa shape index (κ3) is 7.88. The van der Waals surface area contributed by atoms with Crippen LogP contribution in [-0.4, -0.2) is 62.7 Å². The van der Waals surface area contributed by atoms with Gasteiger partial charge in [-0.05, 0) is 101 Å². The second kappa shape index (κ2) is 15.0. The Morgan fingerprint density at radius 2 is 1.74 bits per heavy atom. The molecule has 1 aliphatic heterocycles. The van der Waals surface area contributed by atoms with Gasteiger partial charge in [0.1, 0.15) is 5.75 Å².